The lowest BCUT2D eigenvalue weighted by atomic mass is 10.1. The van der Waals surface area contributed by atoms with E-state index < -0.39 is 5.82 Å². The summed E-state index contributed by atoms with van der Waals surface area (Å²) in [5, 5.41) is 8.46. The van der Waals surface area contributed by atoms with Gasteiger partial charge in [-0.2, -0.15) is 5.26 Å². The van der Waals surface area contributed by atoms with Gasteiger partial charge in [0.25, 0.3) is 0 Å². The second kappa shape index (κ2) is 4.50. The van der Waals surface area contributed by atoms with Gasteiger partial charge in [-0.1, -0.05) is 11.8 Å². The fourth-order valence-electron chi connectivity index (χ4n) is 0.815. The summed E-state index contributed by atoms with van der Waals surface area (Å²) in [6.45, 7) is 0. The zero-order valence-electron chi connectivity index (χ0n) is 6.64. The van der Waals surface area contributed by atoms with E-state index in [4.69, 9.17) is 16.9 Å². The molecule has 0 aliphatic rings. The molecule has 64 valence electrons. The third-order valence-electron chi connectivity index (χ3n) is 1.39. The number of halogens is 2. The standard InChI is InChI=1S/C10H5ClFN/c11-5-1-2-9-4-3-8(7-13)6-10(9)12/h3-4,6H,5H2. The average molecular weight is 194 g/mol. The molecule has 3 heteroatoms. The zero-order valence-corrected chi connectivity index (χ0v) is 7.40. The topological polar surface area (TPSA) is 23.8 Å². The molecule has 1 aromatic carbocycles. The van der Waals surface area contributed by atoms with Crippen LogP contribution < -0.4 is 0 Å². The minimum atomic E-state index is -0.489. The minimum Gasteiger partial charge on any atom is -0.206 e. The maximum atomic E-state index is 13.1. The van der Waals surface area contributed by atoms with E-state index in [1.165, 1.54) is 12.1 Å². The molecule has 0 N–H and O–H groups in total. The van der Waals surface area contributed by atoms with Crippen LogP contribution in [-0.4, -0.2) is 5.88 Å². The Hall–Kier alpha value is -1.51. The highest BCUT2D eigenvalue weighted by atomic mass is 35.5. The Labute approximate surface area is 80.8 Å². The maximum Gasteiger partial charge on any atom is 0.140 e. The van der Waals surface area contributed by atoms with Crippen LogP contribution in [0.5, 0.6) is 0 Å². The van der Waals surface area contributed by atoms with Crippen molar-refractivity contribution in [2.75, 3.05) is 5.88 Å². The molecule has 0 fully saturated rings. The normalized spacial score (nSPS) is 8.38. The van der Waals surface area contributed by atoms with E-state index in [1.807, 2.05) is 6.07 Å². The van der Waals surface area contributed by atoms with Crippen molar-refractivity contribution in [3.8, 4) is 17.9 Å². The van der Waals surface area contributed by atoms with Crippen LogP contribution in [0.15, 0.2) is 18.2 Å². The van der Waals surface area contributed by atoms with Gasteiger partial charge in [-0.3, -0.25) is 0 Å². The fourth-order valence-corrected chi connectivity index (χ4v) is 0.881. The van der Waals surface area contributed by atoms with Gasteiger partial charge in [-0.25, -0.2) is 4.39 Å². The van der Waals surface area contributed by atoms with E-state index in [2.05, 4.69) is 11.8 Å². The van der Waals surface area contributed by atoms with Crippen molar-refractivity contribution in [1.82, 2.24) is 0 Å². The third-order valence-corrected chi connectivity index (χ3v) is 1.52. The first-order valence-corrected chi connectivity index (χ1v) is 4.06. The molecule has 0 amide bonds. The van der Waals surface area contributed by atoms with Gasteiger partial charge in [0.05, 0.1) is 23.1 Å². The molecule has 1 rings (SSSR count). The molecule has 0 radical (unpaired) electrons. The molecule has 1 nitrogen and oxygen atoms in total. The Morgan fingerprint density at radius 2 is 2.23 bits per heavy atom. The summed E-state index contributed by atoms with van der Waals surface area (Å²) in [6, 6.07) is 5.97. The maximum absolute atomic E-state index is 13.1. The molecule has 0 saturated carbocycles. The number of hydrogen-bond acceptors (Lipinski definition) is 1. The Morgan fingerprint density at radius 1 is 1.46 bits per heavy atom. The monoisotopic (exact) mass is 193 g/mol. The summed E-state index contributed by atoms with van der Waals surface area (Å²) >= 11 is 5.31. The van der Waals surface area contributed by atoms with Crippen LogP contribution >= 0.6 is 11.6 Å². The predicted molar refractivity (Wildman–Crippen MR) is 48.7 cm³/mol. The lowest BCUT2D eigenvalue weighted by Crippen LogP contribution is -1.85. The van der Waals surface area contributed by atoms with Crippen LogP contribution in [0.25, 0.3) is 0 Å². The molecule has 0 aliphatic heterocycles. The van der Waals surface area contributed by atoms with Crippen molar-refractivity contribution in [3.63, 3.8) is 0 Å². The van der Waals surface area contributed by atoms with Gasteiger partial charge >= 0.3 is 0 Å². The van der Waals surface area contributed by atoms with Crippen LogP contribution in [0.2, 0.25) is 0 Å². The van der Waals surface area contributed by atoms with E-state index >= 15 is 0 Å². The third kappa shape index (κ3) is 2.47. The van der Waals surface area contributed by atoms with Gasteiger partial charge in [-0.15, -0.1) is 11.6 Å². The molecular weight excluding hydrogens is 189 g/mol. The van der Waals surface area contributed by atoms with Gasteiger partial charge in [0.2, 0.25) is 0 Å². The van der Waals surface area contributed by atoms with Crippen molar-refractivity contribution in [2.45, 2.75) is 0 Å². The largest absolute Gasteiger partial charge is 0.206 e. The van der Waals surface area contributed by atoms with Crippen molar-refractivity contribution >= 4 is 11.6 Å². The van der Waals surface area contributed by atoms with Crippen molar-refractivity contribution in [1.29, 1.82) is 5.26 Å². The summed E-state index contributed by atoms with van der Waals surface area (Å²) < 4.78 is 13.1. The van der Waals surface area contributed by atoms with Gasteiger partial charge in [-0.05, 0) is 18.2 Å². The second-order valence-electron chi connectivity index (χ2n) is 2.24. The molecule has 0 aromatic heterocycles. The summed E-state index contributed by atoms with van der Waals surface area (Å²) in [5.41, 5.74) is 0.550. The summed E-state index contributed by atoms with van der Waals surface area (Å²) in [7, 11) is 0. The summed E-state index contributed by atoms with van der Waals surface area (Å²) in [4.78, 5) is 0. The summed E-state index contributed by atoms with van der Waals surface area (Å²) in [5.74, 6) is 4.76. The number of alkyl halides is 1. The van der Waals surface area contributed by atoms with Crippen molar-refractivity contribution in [3.05, 3.63) is 35.1 Å². The van der Waals surface area contributed by atoms with Crippen LogP contribution in [-0.2, 0) is 0 Å². The average Bonchev–Trinajstić information content (AvgIpc) is 2.16. The van der Waals surface area contributed by atoms with E-state index in [1.54, 1.807) is 0 Å². The van der Waals surface area contributed by atoms with E-state index in [0.717, 1.165) is 6.07 Å². The van der Waals surface area contributed by atoms with Gasteiger partial charge in [0.15, 0.2) is 0 Å². The van der Waals surface area contributed by atoms with E-state index in [9.17, 15) is 4.39 Å². The molecule has 0 atom stereocenters. The first kappa shape index (κ1) is 9.58. The Balaban J connectivity index is 3.07. The van der Waals surface area contributed by atoms with Gasteiger partial charge in [0, 0.05) is 0 Å². The first-order valence-electron chi connectivity index (χ1n) is 3.52. The molecule has 0 unspecified atom stereocenters. The Bertz CT molecular complexity index is 409. The second-order valence-corrected chi connectivity index (χ2v) is 2.51. The van der Waals surface area contributed by atoms with Crippen molar-refractivity contribution in [2.24, 2.45) is 0 Å². The van der Waals surface area contributed by atoms with Gasteiger partial charge in [0.1, 0.15) is 5.82 Å². The molecule has 0 bridgehead atoms. The van der Waals surface area contributed by atoms with Crippen LogP contribution in [0.1, 0.15) is 11.1 Å². The highest BCUT2D eigenvalue weighted by Crippen LogP contribution is 2.08. The lowest BCUT2D eigenvalue weighted by molar-refractivity contribution is 0.624. The summed E-state index contributed by atoms with van der Waals surface area (Å²) in [6.07, 6.45) is 0. The molecule has 0 spiro atoms. The first-order chi connectivity index (χ1) is 6.27. The lowest BCUT2D eigenvalue weighted by Gasteiger charge is -1.93. The Morgan fingerprint density at radius 3 is 2.77 bits per heavy atom. The van der Waals surface area contributed by atoms with E-state index in [-0.39, 0.29) is 17.0 Å². The highest BCUT2D eigenvalue weighted by molar-refractivity contribution is 6.19. The number of nitriles is 1. The molecule has 0 heterocycles. The number of nitrogens with zero attached hydrogens (tertiary/aromatic N) is 1. The molecule has 1 aromatic rings. The van der Waals surface area contributed by atoms with Crippen molar-refractivity contribution < 1.29 is 4.39 Å². The predicted octanol–water partition coefficient (Wildman–Crippen LogP) is 2.29. The fraction of sp³-hybridized carbons (Fsp3) is 0.100. The number of rotatable bonds is 0. The highest BCUT2D eigenvalue weighted by Gasteiger charge is 1.99. The van der Waals surface area contributed by atoms with Gasteiger partial charge < -0.3 is 0 Å². The quantitative estimate of drug-likeness (QED) is 0.458. The number of benzene rings is 1. The van der Waals surface area contributed by atoms with Crippen LogP contribution in [0, 0.1) is 29.0 Å². The molecular formula is C10H5ClFN. The SMILES string of the molecule is N#Cc1ccc(C#CCCl)c(F)c1. The van der Waals surface area contributed by atoms with Crippen LogP contribution in [0.3, 0.4) is 0 Å². The molecule has 0 saturated heterocycles. The Kier molecular flexibility index (Phi) is 3.31. The zero-order chi connectivity index (χ0) is 9.68. The van der Waals surface area contributed by atoms with E-state index in [0.29, 0.717) is 0 Å². The number of hydrogen-bond donors (Lipinski definition) is 0. The minimum absolute atomic E-state index is 0.166. The smallest absolute Gasteiger partial charge is 0.140 e. The molecule has 13 heavy (non-hydrogen) atoms. The van der Waals surface area contributed by atoms with Crippen LogP contribution in [0.4, 0.5) is 4.39 Å². The molecule has 0 aliphatic carbocycles.